The molecule has 0 aliphatic carbocycles. The largest absolute Gasteiger partial charge is 0.463 e. The minimum Gasteiger partial charge on any atom is -0.463 e. The van der Waals surface area contributed by atoms with Crippen LogP contribution in [0, 0.1) is 11.3 Å². The summed E-state index contributed by atoms with van der Waals surface area (Å²) in [5.74, 6) is 0.360. The quantitative estimate of drug-likeness (QED) is 0.317. The molecule has 1 atom stereocenters. The van der Waals surface area contributed by atoms with Gasteiger partial charge in [0.05, 0.1) is 0 Å². The molecule has 1 N–H and O–H groups in total. The highest BCUT2D eigenvalue weighted by molar-refractivity contribution is 5.69. The first-order chi connectivity index (χ1) is 7.38. The van der Waals surface area contributed by atoms with Gasteiger partial charge in [-0.15, -0.1) is 0 Å². The molecule has 0 bridgehead atoms. The minimum atomic E-state index is -0.224. The van der Waals surface area contributed by atoms with Crippen molar-refractivity contribution in [2.75, 3.05) is 13.2 Å². The Morgan fingerprint density at radius 1 is 1.31 bits per heavy atom. The number of esters is 1. The van der Waals surface area contributed by atoms with Gasteiger partial charge in [0, 0.05) is 6.42 Å². The van der Waals surface area contributed by atoms with Gasteiger partial charge < -0.3 is 4.74 Å². The highest BCUT2D eigenvalue weighted by Gasteiger charge is 2.19. The Bertz CT molecular complexity index is 196. The molecule has 0 fully saturated rings. The first-order valence-corrected chi connectivity index (χ1v) is 5.80. The molecule has 0 saturated heterocycles. The molecule has 4 nitrogen and oxygen atoms in total. The van der Waals surface area contributed by atoms with Crippen molar-refractivity contribution in [3.05, 3.63) is 0 Å². The van der Waals surface area contributed by atoms with E-state index < -0.39 is 0 Å². The molecular weight excluding hydrogens is 208 g/mol. The van der Waals surface area contributed by atoms with Crippen molar-refractivity contribution < 1.29 is 19.7 Å². The number of rotatable bonds is 7. The maximum Gasteiger partial charge on any atom is 0.305 e. The smallest absolute Gasteiger partial charge is 0.305 e. The predicted octanol–water partition coefficient (Wildman–Crippen LogP) is 2.87. The van der Waals surface area contributed by atoms with Crippen LogP contribution >= 0.6 is 0 Å². The zero-order valence-electron chi connectivity index (χ0n) is 10.8. The van der Waals surface area contributed by atoms with E-state index in [2.05, 4.69) is 32.6 Å². The van der Waals surface area contributed by atoms with Gasteiger partial charge >= 0.3 is 5.97 Å². The Labute approximate surface area is 97.9 Å². The number of carbonyl (C=O) groups excluding carboxylic acids is 1. The first kappa shape index (κ1) is 15.4. The standard InChI is InChI=1S/C12H24O4/c1-10(12(2,3)4)6-5-7-11(13)15-8-9-16-14/h10,14H,5-9H2,1-4H3. The molecule has 0 rings (SSSR count). The second-order valence-electron chi connectivity index (χ2n) is 5.21. The first-order valence-electron chi connectivity index (χ1n) is 5.80. The lowest BCUT2D eigenvalue weighted by Gasteiger charge is -2.27. The van der Waals surface area contributed by atoms with Gasteiger partial charge in [-0.3, -0.25) is 10.1 Å². The van der Waals surface area contributed by atoms with Crippen LogP contribution in [0.15, 0.2) is 0 Å². The predicted molar refractivity (Wildman–Crippen MR) is 62.0 cm³/mol. The molecule has 96 valence electrons. The van der Waals surface area contributed by atoms with Gasteiger partial charge in [-0.05, 0) is 24.2 Å². The van der Waals surface area contributed by atoms with Crippen LogP contribution in [0.1, 0.15) is 47.0 Å². The molecule has 0 radical (unpaired) electrons. The van der Waals surface area contributed by atoms with Crippen LogP contribution in [0.3, 0.4) is 0 Å². The second-order valence-corrected chi connectivity index (χ2v) is 5.21. The average molecular weight is 232 g/mol. The molecule has 0 aromatic rings. The van der Waals surface area contributed by atoms with Gasteiger partial charge in [-0.1, -0.05) is 27.7 Å². The van der Waals surface area contributed by atoms with Crippen molar-refractivity contribution in [2.45, 2.75) is 47.0 Å². The van der Waals surface area contributed by atoms with Gasteiger partial charge in [-0.2, -0.15) is 0 Å². The Hall–Kier alpha value is -0.610. The van der Waals surface area contributed by atoms with Crippen LogP contribution in [-0.4, -0.2) is 24.4 Å². The van der Waals surface area contributed by atoms with Crippen molar-refractivity contribution in [1.82, 2.24) is 0 Å². The molecule has 4 heteroatoms. The molecule has 0 heterocycles. The van der Waals surface area contributed by atoms with Crippen LogP contribution in [0.25, 0.3) is 0 Å². The van der Waals surface area contributed by atoms with Crippen LogP contribution in [0.4, 0.5) is 0 Å². The van der Waals surface area contributed by atoms with E-state index in [0.29, 0.717) is 12.3 Å². The van der Waals surface area contributed by atoms with E-state index in [-0.39, 0.29) is 24.6 Å². The summed E-state index contributed by atoms with van der Waals surface area (Å²) in [5.41, 5.74) is 0.286. The SMILES string of the molecule is CC(CCCC(=O)OCCOO)C(C)(C)C. The number of carbonyl (C=O) groups is 1. The molecule has 1 unspecified atom stereocenters. The summed E-state index contributed by atoms with van der Waals surface area (Å²) in [6.07, 6.45) is 2.30. The fourth-order valence-corrected chi connectivity index (χ4v) is 1.25. The van der Waals surface area contributed by atoms with Gasteiger partial charge in [0.25, 0.3) is 0 Å². The summed E-state index contributed by atoms with van der Waals surface area (Å²) in [6.45, 7) is 8.96. The monoisotopic (exact) mass is 232 g/mol. The summed E-state index contributed by atoms with van der Waals surface area (Å²) in [5, 5.41) is 8.03. The fraction of sp³-hybridized carbons (Fsp3) is 0.917. The highest BCUT2D eigenvalue weighted by Crippen LogP contribution is 2.29. The van der Waals surface area contributed by atoms with E-state index >= 15 is 0 Å². The van der Waals surface area contributed by atoms with E-state index in [1.54, 1.807) is 0 Å². The Morgan fingerprint density at radius 3 is 2.44 bits per heavy atom. The lowest BCUT2D eigenvalue weighted by molar-refractivity contribution is -0.248. The van der Waals surface area contributed by atoms with Gasteiger partial charge in [0.2, 0.25) is 0 Å². The van der Waals surface area contributed by atoms with E-state index in [4.69, 9.17) is 9.99 Å². The molecule has 0 aromatic carbocycles. The van der Waals surface area contributed by atoms with Gasteiger partial charge in [0.1, 0.15) is 13.2 Å². The van der Waals surface area contributed by atoms with Gasteiger partial charge in [-0.25, -0.2) is 4.89 Å². The molecule has 0 aliphatic rings. The Morgan fingerprint density at radius 2 is 1.94 bits per heavy atom. The second kappa shape index (κ2) is 7.63. The van der Waals surface area contributed by atoms with E-state index in [1.165, 1.54) is 0 Å². The maximum atomic E-state index is 11.2. The summed E-state index contributed by atoms with van der Waals surface area (Å²) < 4.78 is 4.83. The van der Waals surface area contributed by atoms with Crippen molar-refractivity contribution in [3.63, 3.8) is 0 Å². The van der Waals surface area contributed by atoms with Crippen LogP contribution in [0.5, 0.6) is 0 Å². The van der Waals surface area contributed by atoms with Crippen LogP contribution < -0.4 is 0 Å². The molecule has 0 aliphatic heterocycles. The lowest BCUT2D eigenvalue weighted by atomic mass is 9.79. The third kappa shape index (κ3) is 7.65. The summed E-state index contributed by atoms with van der Waals surface area (Å²) in [4.78, 5) is 15.0. The van der Waals surface area contributed by atoms with E-state index in [9.17, 15) is 4.79 Å². The highest BCUT2D eigenvalue weighted by atomic mass is 17.1. The Kier molecular flexibility index (Phi) is 7.34. The average Bonchev–Trinajstić information content (AvgIpc) is 2.16. The van der Waals surface area contributed by atoms with Crippen LogP contribution in [0.2, 0.25) is 0 Å². The molecule has 0 saturated carbocycles. The maximum absolute atomic E-state index is 11.2. The van der Waals surface area contributed by atoms with Crippen molar-refractivity contribution >= 4 is 5.97 Å². The molecule has 0 spiro atoms. The topological polar surface area (TPSA) is 55.8 Å². The summed E-state index contributed by atoms with van der Waals surface area (Å²) in [6, 6.07) is 0. The van der Waals surface area contributed by atoms with Gasteiger partial charge in [0.15, 0.2) is 0 Å². The number of ether oxygens (including phenoxy) is 1. The van der Waals surface area contributed by atoms with E-state index in [0.717, 1.165) is 12.8 Å². The van der Waals surface area contributed by atoms with Crippen LogP contribution in [-0.2, 0) is 14.4 Å². The van der Waals surface area contributed by atoms with Crippen molar-refractivity contribution in [3.8, 4) is 0 Å². The fourth-order valence-electron chi connectivity index (χ4n) is 1.25. The summed E-state index contributed by atoms with van der Waals surface area (Å²) in [7, 11) is 0. The zero-order chi connectivity index (χ0) is 12.6. The third-order valence-corrected chi connectivity index (χ3v) is 2.93. The minimum absolute atomic E-state index is 0.0319. The molecule has 0 aromatic heterocycles. The molecule has 16 heavy (non-hydrogen) atoms. The van der Waals surface area contributed by atoms with Crippen molar-refractivity contribution in [2.24, 2.45) is 11.3 Å². The van der Waals surface area contributed by atoms with E-state index in [1.807, 2.05) is 0 Å². The normalized spacial score (nSPS) is 13.6. The number of hydrogen-bond acceptors (Lipinski definition) is 4. The summed E-state index contributed by atoms with van der Waals surface area (Å²) >= 11 is 0. The zero-order valence-corrected chi connectivity index (χ0v) is 10.8. The van der Waals surface area contributed by atoms with Crippen molar-refractivity contribution in [1.29, 1.82) is 0 Å². The Balaban J connectivity index is 3.54. The number of hydrogen-bond donors (Lipinski definition) is 1. The molecule has 0 amide bonds. The lowest BCUT2D eigenvalue weighted by Crippen LogP contribution is -2.17. The molecular formula is C12H24O4. The third-order valence-electron chi connectivity index (χ3n) is 2.93.